The molecule has 3 rings (SSSR count). The van der Waals surface area contributed by atoms with Gasteiger partial charge in [0.1, 0.15) is 37.9 Å². The second-order valence-electron chi connectivity index (χ2n) is 7.35. The standard InChI is InChI=1S/C24H26O8S2/c1-19-6-10-23(11-7-19)33(25,26)31-16-14-29-21-4-3-5-22(18-21)30-15-17-32-34(27,28)24-12-8-20(2)9-13-24/h3-13,18H,14-17H2,1-2H3. The zero-order valence-corrected chi connectivity index (χ0v) is 20.5. The highest BCUT2D eigenvalue weighted by atomic mass is 32.2. The Hall–Kier alpha value is -2.92. The van der Waals surface area contributed by atoms with Crippen molar-refractivity contribution in [3.8, 4) is 11.5 Å². The maximum Gasteiger partial charge on any atom is 0.297 e. The molecule has 0 saturated carbocycles. The fraction of sp³-hybridized carbons (Fsp3) is 0.250. The Bertz CT molecular complexity index is 1180. The van der Waals surface area contributed by atoms with Crippen LogP contribution in [0.15, 0.2) is 82.6 Å². The van der Waals surface area contributed by atoms with Gasteiger partial charge in [0.05, 0.1) is 9.79 Å². The minimum atomic E-state index is -3.86. The quantitative estimate of drug-likeness (QED) is 0.269. The summed E-state index contributed by atoms with van der Waals surface area (Å²) >= 11 is 0. The molecule has 0 amide bonds. The van der Waals surface area contributed by atoms with Crippen molar-refractivity contribution in [2.45, 2.75) is 23.6 Å². The van der Waals surface area contributed by atoms with Crippen LogP contribution in [-0.2, 0) is 28.6 Å². The number of benzene rings is 3. The topological polar surface area (TPSA) is 105 Å². The molecule has 0 atom stereocenters. The maximum atomic E-state index is 12.2. The number of ether oxygens (including phenoxy) is 2. The third-order valence-electron chi connectivity index (χ3n) is 4.61. The van der Waals surface area contributed by atoms with Crippen LogP contribution in [0.5, 0.6) is 11.5 Å². The predicted molar refractivity (Wildman–Crippen MR) is 126 cm³/mol. The summed E-state index contributed by atoms with van der Waals surface area (Å²) in [6.45, 7) is 3.42. The van der Waals surface area contributed by atoms with Gasteiger partial charge in [0.25, 0.3) is 20.2 Å². The van der Waals surface area contributed by atoms with E-state index in [1.54, 1.807) is 48.5 Å². The van der Waals surface area contributed by atoms with Crippen molar-refractivity contribution >= 4 is 20.2 Å². The summed E-state index contributed by atoms with van der Waals surface area (Å²) < 4.78 is 69.8. The Balaban J connectivity index is 1.42. The molecule has 10 heteroatoms. The van der Waals surface area contributed by atoms with E-state index in [2.05, 4.69) is 0 Å². The lowest BCUT2D eigenvalue weighted by atomic mass is 10.2. The lowest BCUT2D eigenvalue weighted by Crippen LogP contribution is -2.13. The molecular formula is C24H26O8S2. The lowest BCUT2D eigenvalue weighted by molar-refractivity contribution is 0.213. The molecule has 3 aromatic rings. The Morgan fingerprint density at radius 1 is 0.559 bits per heavy atom. The Morgan fingerprint density at radius 3 is 1.32 bits per heavy atom. The summed E-state index contributed by atoms with van der Waals surface area (Å²) in [4.78, 5) is 0.167. The lowest BCUT2D eigenvalue weighted by Gasteiger charge is -2.11. The van der Waals surface area contributed by atoms with Crippen LogP contribution in [0.3, 0.4) is 0 Å². The first-order valence-corrected chi connectivity index (χ1v) is 13.3. The first-order chi connectivity index (χ1) is 16.2. The molecule has 0 fully saturated rings. The molecular weight excluding hydrogens is 480 g/mol. The maximum absolute atomic E-state index is 12.2. The highest BCUT2D eigenvalue weighted by Crippen LogP contribution is 2.20. The zero-order valence-electron chi connectivity index (χ0n) is 18.8. The van der Waals surface area contributed by atoms with Gasteiger partial charge in [-0.25, -0.2) is 0 Å². The minimum absolute atomic E-state index is 0.00640. The summed E-state index contributed by atoms with van der Waals surface area (Å²) in [5, 5.41) is 0. The van der Waals surface area contributed by atoms with Crippen LogP contribution < -0.4 is 9.47 Å². The average molecular weight is 507 g/mol. The van der Waals surface area contributed by atoms with Crippen LogP contribution in [-0.4, -0.2) is 43.3 Å². The zero-order chi connectivity index (χ0) is 24.6. The van der Waals surface area contributed by atoms with Gasteiger partial charge in [0, 0.05) is 6.07 Å². The molecule has 3 aromatic carbocycles. The molecule has 0 bridgehead atoms. The summed E-state index contributed by atoms with van der Waals surface area (Å²) in [6.07, 6.45) is 0. The molecule has 0 spiro atoms. The van der Waals surface area contributed by atoms with Crippen LogP contribution in [0.4, 0.5) is 0 Å². The summed E-state index contributed by atoms with van der Waals surface area (Å²) in [6, 6.07) is 19.4. The van der Waals surface area contributed by atoms with Gasteiger partial charge in [-0.2, -0.15) is 16.8 Å². The van der Waals surface area contributed by atoms with Crippen LogP contribution in [0.2, 0.25) is 0 Å². The molecule has 0 aliphatic rings. The minimum Gasteiger partial charge on any atom is -0.491 e. The first-order valence-electron chi connectivity index (χ1n) is 10.4. The third kappa shape index (κ3) is 7.56. The second kappa shape index (κ2) is 11.5. The number of hydrogen-bond acceptors (Lipinski definition) is 8. The average Bonchev–Trinajstić information content (AvgIpc) is 2.80. The normalized spacial score (nSPS) is 11.8. The Morgan fingerprint density at radius 2 is 0.941 bits per heavy atom. The number of aryl methyl sites for hydroxylation is 2. The molecule has 0 radical (unpaired) electrons. The Kier molecular flexibility index (Phi) is 8.67. The summed E-state index contributed by atoms with van der Waals surface area (Å²) in [7, 11) is -7.71. The van der Waals surface area contributed by atoms with Crippen molar-refractivity contribution < 1.29 is 34.7 Å². The van der Waals surface area contributed by atoms with Gasteiger partial charge in [-0.1, -0.05) is 41.5 Å². The van der Waals surface area contributed by atoms with E-state index in [0.717, 1.165) is 11.1 Å². The number of hydrogen-bond donors (Lipinski definition) is 0. The first kappa shape index (κ1) is 25.7. The highest BCUT2D eigenvalue weighted by molar-refractivity contribution is 7.87. The molecule has 0 N–H and O–H groups in total. The van der Waals surface area contributed by atoms with Crippen LogP contribution in [0.25, 0.3) is 0 Å². The van der Waals surface area contributed by atoms with Gasteiger partial charge < -0.3 is 9.47 Å². The fourth-order valence-electron chi connectivity index (χ4n) is 2.81. The van der Waals surface area contributed by atoms with E-state index in [-0.39, 0.29) is 36.2 Å². The molecule has 0 aromatic heterocycles. The van der Waals surface area contributed by atoms with E-state index in [1.807, 2.05) is 13.8 Å². The van der Waals surface area contributed by atoms with Crippen molar-refractivity contribution in [1.29, 1.82) is 0 Å². The van der Waals surface area contributed by atoms with Gasteiger partial charge in [-0.3, -0.25) is 8.37 Å². The van der Waals surface area contributed by atoms with E-state index >= 15 is 0 Å². The number of rotatable bonds is 12. The summed E-state index contributed by atoms with van der Waals surface area (Å²) in [5.74, 6) is 0.893. The van der Waals surface area contributed by atoms with Crippen molar-refractivity contribution in [3.63, 3.8) is 0 Å². The predicted octanol–water partition coefficient (Wildman–Crippen LogP) is 3.87. The third-order valence-corrected chi connectivity index (χ3v) is 7.26. The van der Waals surface area contributed by atoms with Crippen molar-refractivity contribution in [2.75, 3.05) is 26.4 Å². The monoisotopic (exact) mass is 506 g/mol. The molecule has 0 heterocycles. The van der Waals surface area contributed by atoms with Gasteiger partial charge in [0.2, 0.25) is 0 Å². The van der Waals surface area contributed by atoms with Gasteiger partial charge in [-0.15, -0.1) is 0 Å². The molecule has 0 unspecified atom stereocenters. The fourth-order valence-corrected chi connectivity index (χ4v) is 4.59. The van der Waals surface area contributed by atoms with Crippen molar-refractivity contribution in [2.24, 2.45) is 0 Å². The molecule has 0 saturated heterocycles. The van der Waals surface area contributed by atoms with E-state index in [9.17, 15) is 16.8 Å². The van der Waals surface area contributed by atoms with Crippen molar-refractivity contribution in [3.05, 3.63) is 83.9 Å². The second-order valence-corrected chi connectivity index (χ2v) is 10.6. The van der Waals surface area contributed by atoms with Gasteiger partial charge in [0.15, 0.2) is 0 Å². The smallest absolute Gasteiger partial charge is 0.297 e. The summed E-state index contributed by atoms with van der Waals surface area (Å²) in [5.41, 5.74) is 1.90. The van der Waals surface area contributed by atoms with Crippen molar-refractivity contribution in [1.82, 2.24) is 0 Å². The molecule has 0 aliphatic carbocycles. The Labute approximate surface area is 200 Å². The molecule has 34 heavy (non-hydrogen) atoms. The van der Waals surface area contributed by atoms with E-state index < -0.39 is 20.2 Å². The van der Waals surface area contributed by atoms with E-state index in [0.29, 0.717) is 11.5 Å². The largest absolute Gasteiger partial charge is 0.491 e. The van der Waals surface area contributed by atoms with Crippen LogP contribution >= 0.6 is 0 Å². The van der Waals surface area contributed by atoms with E-state index in [4.69, 9.17) is 17.8 Å². The van der Waals surface area contributed by atoms with Crippen LogP contribution in [0, 0.1) is 13.8 Å². The molecule has 0 aliphatic heterocycles. The highest BCUT2D eigenvalue weighted by Gasteiger charge is 2.15. The van der Waals surface area contributed by atoms with Gasteiger partial charge >= 0.3 is 0 Å². The SMILES string of the molecule is Cc1ccc(S(=O)(=O)OCCOc2cccc(OCCOS(=O)(=O)c3ccc(C)cc3)c2)cc1. The molecule has 8 nitrogen and oxygen atoms in total. The molecule has 182 valence electrons. The van der Waals surface area contributed by atoms with E-state index in [1.165, 1.54) is 24.3 Å². The van der Waals surface area contributed by atoms with Gasteiger partial charge in [-0.05, 0) is 50.2 Å². The van der Waals surface area contributed by atoms with Crippen LogP contribution in [0.1, 0.15) is 11.1 Å².